The van der Waals surface area contributed by atoms with Crippen LogP contribution in [0.3, 0.4) is 0 Å². The van der Waals surface area contributed by atoms with Gasteiger partial charge >= 0.3 is 0 Å². The number of fused-ring (bicyclic) bond motifs is 1. The number of aryl methyl sites for hydroxylation is 1. The Morgan fingerprint density at radius 3 is 2.61 bits per heavy atom. The van der Waals surface area contributed by atoms with E-state index in [-0.39, 0.29) is 17.9 Å². The molecule has 182 valence electrons. The Morgan fingerprint density at radius 2 is 1.91 bits per heavy atom. The fourth-order valence-corrected chi connectivity index (χ4v) is 4.46. The van der Waals surface area contributed by atoms with Crippen LogP contribution in [0.25, 0.3) is 11.0 Å². The lowest BCUT2D eigenvalue weighted by Crippen LogP contribution is -2.41. The Morgan fingerprint density at radius 1 is 1.15 bits per heavy atom. The van der Waals surface area contributed by atoms with Crippen molar-refractivity contribution in [2.75, 3.05) is 39.3 Å². The van der Waals surface area contributed by atoms with Gasteiger partial charge in [-0.1, -0.05) is 38.5 Å². The SMILES string of the molecule is CCCCc1oc2ccccc2c1C(=O)N1CCC(OCCCN(CC)CCC(N)=O)CC1. The van der Waals surface area contributed by atoms with Crippen LogP contribution in [-0.4, -0.2) is 67.0 Å². The maximum atomic E-state index is 13.4. The Hall–Kier alpha value is -2.38. The summed E-state index contributed by atoms with van der Waals surface area (Å²) < 4.78 is 12.2. The Bertz CT molecular complexity index is 902. The summed E-state index contributed by atoms with van der Waals surface area (Å²) in [5.74, 6) is 0.641. The zero-order valence-corrected chi connectivity index (χ0v) is 20.2. The highest BCUT2D eigenvalue weighted by Crippen LogP contribution is 2.29. The second-order valence-electron chi connectivity index (χ2n) is 8.87. The minimum atomic E-state index is -0.257. The number of likely N-dealkylation sites (tertiary alicyclic amines) is 1. The summed E-state index contributed by atoms with van der Waals surface area (Å²) in [7, 11) is 0. The number of unbranched alkanes of at least 4 members (excludes halogenated alkanes) is 1. The molecule has 0 bridgehead atoms. The van der Waals surface area contributed by atoms with Gasteiger partial charge in [-0.3, -0.25) is 9.59 Å². The standard InChI is InChI=1S/C26H39N3O4/c1-3-5-10-23-25(21-9-6-7-11-22(21)33-23)26(31)29-17-12-20(13-18-29)32-19-8-15-28(4-2)16-14-24(27)30/h6-7,9,11,20H,3-5,8,10,12-19H2,1-2H3,(H2,27,30). The van der Waals surface area contributed by atoms with Crippen molar-refractivity contribution in [1.29, 1.82) is 0 Å². The van der Waals surface area contributed by atoms with E-state index in [9.17, 15) is 9.59 Å². The number of nitrogens with zero attached hydrogens (tertiary/aromatic N) is 2. The summed E-state index contributed by atoms with van der Waals surface area (Å²) in [4.78, 5) is 28.6. The number of nitrogens with two attached hydrogens (primary N) is 1. The minimum Gasteiger partial charge on any atom is -0.460 e. The van der Waals surface area contributed by atoms with E-state index in [0.29, 0.717) is 32.7 Å². The van der Waals surface area contributed by atoms with Crippen molar-refractivity contribution in [1.82, 2.24) is 9.80 Å². The highest BCUT2D eigenvalue weighted by molar-refractivity contribution is 6.07. The minimum absolute atomic E-state index is 0.0811. The van der Waals surface area contributed by atoms with Gasteiger partial charge in [0.2, 0.25) is 5.91 Å². The van der Waals surface area contributed by atoms with Crippen molar-refractivity contribution < 1.29 is 18.7 Å². The summed E-state index contributed by atoms with van der Waals surface area (Å²) in [5.41, 5.74) is 6.78. The fraction of sp³-hybridized carbons (Fsp3) is 0.615. The normalized spacial score (nSPS) is 14.9. The molecule has 1 saturated heterocycles. The molecule has 1 aliphatic rings. The molecule has 0 radical (unpaired) electrons. The molecule has 0 atom stereocenters. The van der Waals surface area contributed by atoms with Gasteiger partial charge in [-0.05, 0) is 38.3 Å². The van der Waals surface area contributed by atoms with Crippen molar-refractivity contribution in [2.24, 2.45) is 5.73 Å². The smallest absolute Gasteiger partial charge is 0.258 e. The fourth-order valence-electron chi connectivity index (χ4n) is 4.46. The number of para-hydroxylation sites is 1. The molecule has 7 nitrogen and oxygen atoms in total. The van der Waals surface area contributed by atoms with Crippen molar-refractivity contribution in [3.05, 3.63) is 35.6 Å². The lowest BCUT2D eigenvalue weighted by Gasteiger charge is -2.32. The quantitative estimate of drug-likeness (QED) is 0.460. The van der Waals surface area contributed by atoms with Crippen molar-refractivity contribution in [3.8, 4) is 0 Å². The van der Waals surface area contributed by atoms with Gasteiger partial charge in [0.15, 0.2) is 0 Å². The molecule has 2 N–H and O–H groups in total. The van der Waals surface area contributed by atoms with Crippen LogP contribution in [0.2, 0.25) is 0 Å². The average molecular weight is 458 g/mol. The molecule has 1 aromatic carbocycles. The van der Waals surface area contributed by atoms with Crippen LogP contribution in [0.15, 0.2) is 28.7 Å². The zero-order valence-electron chi connectivity index (χ0n) is 20.2. The molecule has 3 rings (SSSR count). The Kier molecular flexibility index (Phi) is 9.76. The highest BCUT2D eigenvalue weighted by Gasteiger charge is 2.28. The summed E-state index contributed by atoms with van der Waals surface area (Å²) >= 11 is 0. The molecule has 0 unspecified atom stereocenters. The van der Waals surface area contributed by atoms with Gasteiger partial charge in [0.1, 0.15) is 11.3 Å². The first-order valence-electron chi connectivity index (χ1n) is 12.4. The van der Waals surface area contributed by atoms with Crippen LogP contribution < -0.4 is 5.73 Å². The predicted octanol–water partition coefficient (Wildman–Crippen LogP) is 3.98. The van der Waals surface area contributed by atoms with E-state index in [0.717, 1.165) is 73.9 Å². The van der Waals surface area contributed by atoms with E-state index in [1.807, 2.05) is 29.2 Å². The molecule has 33 heavy (non-hydrogen) atoms. The summed E-state index contributed by atoms with van der Waals surface area (Å²) in [6.07, 6.45) is 6.08. The van der Waals surface area contributed by atoms with E-state index >= 15 is 0 Å². The monoisotopic (exact) mass is 457 g/mol. The molecule has 2 aromatic rings. The summed E-state index contributed by atoms with van der Waals surface area (Å²) in [6, 6.07) is 7.84. The molecular weight excluding hydrogens is 418 g/mol. The maximum absolute atomic E-state index is 13.4. The van der Waals surface area contributed by atoms with Crippen molar-refractivity contribution in [3.63, 3.8) is 0 Å². The number of hydrogen-bond acceptors (Lipinski definition) is 5. The van der Waals surface area contributed by atoms with E-state index in [1.165, 1.54) is 0 Å². The number of amides is 2. The number of hydrogen-bond donors (Lipinski definition) is 1. The number of primary amides is 1. The van der Waals surface area contributed by atoms with Gasteiger partial charge < -0.3 is 24.7 Å². The van der Waals surface area contributed by atoms with E-state index in [1.54, 1.807) is 0 Å². The number of rotatable bonds is 13. The molecule has 0 aliphatic carbocycles. The second kappa shape index (κ2) is 12.8. The van der Waals surface area contributed by atoms with Crippen LogP contribution in [0.5, 0.6) is 0 Å². The van der Waals surface area contributed by atoms with E-state index in [4.69, 9.17) is 14.9 Å². The van der Waals surface area contributed by atoms with Gasteiger partial charge in [-0.25, -0.2) is 0 Å². The molecule has 7 heteroatoms. The summed E-state index contributed by atoms with van der Waals surface area (Å²) in [6.45, 7) is 8.84. The lowest BCUT2D eigenvalue weighted by molar-refractivity contribution is -0.118. The largest absolute Gasteiger partial charge is 0.460 e. The molecule has 2 heterocycles. The van der Waals surface area contributed by atoms with Crippen molar-refractivity contribution >= 4 is 22.8 Å². The first-order valence-corrected chi connectivity index (χ1v) is 12.4. The molecule has 1 aliphatic heterocycles. The van der Waals surface area contributed by atoms with Gasteiger partial charge in [0, 0.05) is 51.0 Å². The number of carbonyl (C=O) groups is 2. The highest BCUT2D eigenvalue weighted by atomic mass is 16.5. The van der Waals surface area contributed by atoms with Gasteiger partial charge in [-0.15, -0.1) is 0 Å². The maximum Gasteiger partial charge on any atom is 0.258 e. The topological polar surface area (TPSA) is 89.0 Å². The Labute approximate surface area is 197 Å². The first-order chi connectivity index (χ1) is 16.0. The molecule has 0 spiro atoms. The predicted molar refractivity (Wildman–Crippen MR) is 130 cm³/mol. The number of furan rings is 1. The van der Waals surface area contributed by atoms with Crippen LogP contribution in [0, 0.1) is 0 Å². The molecule has 1 fully saturated rings. The van der Waals surface area contributed by atoms with Crippen LogP contribution in [-0.2, 0) is 16.0 Å². The number of piperidine rings is 1. The van der Waals surface area contributed by atoms with Crippen molar-refractivity contribution in [2.45, 2.75) is 64.9 Å². The number of benzene rings is 1. The lowest BCUT2D eigenvalue weighted by atomic mass is 10.0. The molecule has 2 amide bonds. The number of carbonyl (C=O) groups excluding carboxylic acids is 2. The second-order valence-corrected chi connectivity index (χ2v) is 8.87. The van der Waals surface area contributed by atoms with E-state index in [2.05, 4.69) is 18.7 Å². The molecule has 0 saturated carbocycles. The third-order valence-corrected chi connectivity index (χ3v) is 6.46. The van der Waals surface area contributed by atoms with Crippen LogP contribution >= 0.6 is 0 Å². The Balaban J connectivity index is 1.48. The van der Waals surface area contributed by atoms with Gasteiger partial charge in [0.05, 0.1) is 11.7 Å². The van der Waals surface area contributed by atoms with Gasteiger partial charge in [0.25, 0.3) is 5.91 Å². The van der Waals surface area contributed by atoms with E-state index < -0.39 is 0 Å². The third-order valence-electron chi connectivity index (χ3n) is 6.46. The van der Waals surface area contributed by atoms with Gasteiger partial charge in [-0.2, -0.15) is 0 Å². The average Bonchev–Trinajstić information content (AvgIpc) is 3.20. The van der Waals surface area contributed by atoms with Crippen LogP contribution in [0.4, 0.5) is 0 Å². The van der Waals surface area contributed by atoms with Crippen LogP contribution in [0.1, 0.15) is 68.5 Å². The molecule has 1 aromatic heterocycles. The number of ether oxygens (including phenoxy) is 1. The zero-order chi connectivity index (χ0) is 23.6. The third kappa shape index (κ3) is 7.05. The molecular formula is C26H39N3O4. The first kappa shape index (κ1) is 25.2. The summed E-state index contributed by atoms with van der Waals surface area (Å²) in [5, 5.41) is 0.920.